The number of nitrogens with zero attached hydrogens (tertiary/aromatic N) is 8. The molecule has 12 nitrogen and oxygen atoms in total. The van der Waals surface area contributed by atoms with E-state index in [9.17, 15) is 10.1 Å². The number of ether oxygens (including phenoxy) is 2. The fraction of sp³-hybridized carbons (Fsp3) is 0.214. The molecule has 1 amide bonds. The number of hydrazone groups is 1. The van der Waals surface area contributed by atoms with Gasteiger partial charge in [-0.2, -0.15) is 25.8 Å². The number of hydrogen-bond donors (Lipinski definition) is 1. The van der Waals surface area contributed by atoms with Crippen LogP contribution in [-0.4, -0.2) is 50.9 Å². The van der Waals surface area contributed by atoms with Crippen molar-refractivity contribution in [1.82, 2.24) is 25.6 Å². The van der Waals surface area contributed by atoms with Crippen LogP contribution in [0.3, 0.4) is 0 Å². The quantitative estimate of drug-likeness (QED) is 0.303. The second-order valence-electron chi connectivity index (χ2n) is 8.78. The van der Waals surface area contributed by atoms with E-state index >= 15 is 0 Å². The number of rotatable bonds is 9. The van der Waals surface area contributed by atoms with Gasteiger partial charge in [0.1, 0.15) is 6.61 Å². The molecule has 1 atom stereocenters. The van der Waals surface area contributed by atoms with E-state index in [0.717, 1.165) is 29.7 Å². The number of amides is 1. The first-order valence-corrected chi connectivity index (χ1v) is 12.5. The predicted molar refractivity (Wildman–Crippen MR) is 144 cm³/mol. The lowest BCUT2D eigenvalue weighted by Gasteiger charge is -2.24. The molecule has 0 aliphatic carbocycles. The van der Waals surface area contributed by atoms with Gasteiger partial charge in [0.05, 0.1) is 24.6 Å². The summed E-state index contributed by atoms with van der Waals surface area (Å²) in [6.45, 7) is 0.910. The highest BCUT2D eigenvalue weighted by molar-refractivity contribution is 6.03. The fourth-order valence-corrected chi connectivity index (χ4v) is 4.06. The van der Waals surface area contributed by atoms with Gasteiger partial charge < -0.3 is 9.47 Å². The summed E-state index contributed by atoms with van der Waals surface area (Å²) in [7, 11) is 1.60. The van der Waals surface area contributed by atoms with E-state index in [-0.39, 0.29) is 11.7 Å². The summed E-state index contributed by atoms with van der Waals surface area (Å²) in [5.41, 5.74) is 3.64. The lowest BCUT2D eigenvalue weighted by atomic mass is 10.0. The maximum absolute atomic E-state index is 13.2. The molecule has 12 heteroatoms. The number of hydrogen-bond acceptors (Lipinski definition) is 10. The Labute approximate surface area is 230 Å². The molecule has 1 unspecified atom stereocenters. The van der Waals surface area contributed by atoms with E-state index in [1.54, 1.807) is 31.4 Å². The third-order valence-electron chi connectivity index (χ3n) is 6.12. The van der Waals surface area contributed by atoms with Crippen molar-refractivity contribution in [1.29, 1.82) is 5.26 Å². The molecule has 3 aromatic carbocycles. The van der Waals surface area contributed by atoms with Crippen molar-refractivity contribution in [3.63, 3.8) is 0 Å². The number of carbonyl (C=O) groups is 1. The smallest absolute Gasteiger partial charge is 0.273 e. The van der Waals surface area contributed by atoms with E-state index < -0.39 is 6.04 Å². The minimum Gasteiger partial charge on any atom is -0.493 e. The zero-order valence-electron chi connectivity index (χ0n) is 21.6. The van der Waals surface area contributed by atoms with Crippen LogP contribution in [0.4, 0.5) is 5.69 Å². The van der Waals surface area contributed by atoms with Crippen molar-refractivity contribution in [3.8, 4) is 17.6 Å². The minimum atomic E-state index is -0.983. The van der Waals surface area contributed by atoms with Crippen LogP contribution in [0.25, 0.3) is 0 Å². The van der Waals surface area contributed by atoms with Gasteiger partial charge in [-0.15, -0.1) is 10.2 Å². The van der Waals surface area contributed by atoms with Crippen LogP contribution in [-0.2, 0) is 6.61 Å². The van der Waals surface area contributed by atoms with Gasteiger partial charge in [0, 0.05) is 17.7 Å². The number of methoxy groups -OCH3 is 1. The van der Waals surface area contributed by atoms with Crippen LogP contribution in [0.5, 0.6) is 11.5 Å². The zero-order chi connectivity index (χ0) is 27.7. The zero-order valence-corrected chi connectivity index (χ0v) is 21.6. The standard InChI is InChI=1S/C28H25N9O3/c1-39-25-14-11-21(16-26(25)40-18-19-6-3-2-4-7-19)23-8-5-15-37(34-23)28(38)20-9-12-22(13-10-20)30-31-24(17-29)27-32-35-36-33-27/h2-4,6-7,9-14,16,24H,5,8,15,18H2,1H3,(H,32,33,35,36). The third-order valence-corrected chi connectivity index (χ3v) is 6.12. The largest absolute Gasteiger partial charge is 0.493 e. The number of aromatic amines is 1. The second-order valence-corrected chi connectivity index (χ2v) is 8.78. The number of aromatic nitrogens is 4. The van der Waals surface area contributed by atoms with Crippen LogP contribution < -0.4 is 9.47 Å². The Morgan fingerprint density at radius 2 is 1.95 bits per heavy atom. The summed E-state index contributed by atoms with van der Waals surface area (Å²) >= 11 is 0. The molecule has 1 N–H and O–H groups in total. The van der Waals surface area contributed by atoms with Crippen molar-refractivity contribution in [3.05, 3.63) is 95.3 Å². The minimum absolute atomic E-state index is 0.128. The molecule has 1 aliphatic rings. The van der Waals surface area contributed by atoms with E-state index in [1.165, 1.54) is 5.01 Å². The Balaban J connectivity index is 1.29. The summed E-state index contributed by atoms with van der Waals surface area (Å²) in [5, 5.41) is 36.6. The first-order valence-electron chi connectivity index (χ1n) is 12.5. The molecule has 0 spiro atoms. The molecular weight excluding hydrogens is 510 g/mol. The highest BCUT2D eigenvalue weighted by Crippen LogP contribution is 2.30. The van der Waals surface area contributed by atoms with E-state index in [4.69, 9.17) is 9.47 Å². The van der Waals surface area contributed by atoms with E-state index in [1.807, 2.05) is 54.6 Å². The van der Waals surface area contributed by atoms with E-state index in [0.29, 0.717) is 35.9 Å². The van der Waals surface area contributed by atoms with Gasteiger partial charge in [0.15, 0.2) is 11.5 Å². The van der Waals surface area contributed by atoms with Crippen LogP contribution in [0.15, 0.2) is 88.1 Å². The monoisotopic (exact) mass is 535 g/mol. The Morgan fingerprint density at radius 3 is 2.67 bits per heavy atom. The Bertz CT molecular complexity index is 1550. The Kier molecular flexibility index (Phi) is 8.12. The SMILES string of the molecule is COc1ccc(C2=NN(C(=O)c3ccc(N=NC(C#N)c4nn[nH]n4)cc3)CCC2)cc1OCc1ccccc1. The highest BCUT2D eigenvalue weighted by atomic mass is 16.5. The number of nitriles is 1. The number of azo groups is 1. The van der Waals surface area contributed by atoms with Gasteiger partial charge in [0.2, 0.25) is 11.9 Å². The van der Waals surface area contributed by atoms with Crippen molar-refractivity contribution in [2.75, 3.05) is 13.7 Å². The molecule has 1 aromatic heterocycles. The summed E-state index contributed by atoms with van der Waals surface area (Å²) in [6.07, 6.45) is 1.50. The molecule has 0 bridgehead atoms. The van der Waals surface area contributed by atoms with Crippen molar-refractivity contribution in [2.24, 2.45) is 15.3 Å². The first kappa shape index (κ1) is 26.2. The van der Waals surface area contributed by atoms with Gasteiger partial charge in [-0.1, -0.05) is 35.5 Å². The summed E-state index contributed by atoms with van der Waals surface area (Å²) in [5.74, 6) is 1.14. The average Bonchev–Trinajstić information content (AvgIpc) is 3.56. The molecule has 0 saturated carbocycles. The molecule has 5 rings (SSSR count). The second kappa shape index (κ2) is 12.4. The lowest BCUT2D eigenvalue weighted by molar-refractivity contribution is 0.0751. The number of nitrogens with one attached hydrogen (secondary N) is 1. The fourth-order valence-electron chi connectivity index (χ4n) is 4.06. The molecular formula is C28H25N9O3. The molecule has 200 valence electrons. The molecule has 4 aromatic rings. The Morgan fingerprint density at radius 1 is 1.12 bits per heavy atom. The van der Waals surface area contributed by atoms with Crippen molar-refractivity contribution >= 4 is 17.3 Å². The van der Waals surface area contributed by atoms with Crippen molar-refractivity contribution < 1.29 is 14.3 Å². The lowest BCUT2D eigenvalue weighted by Crippen LogP contribution is -2.32. The first-order chi connectivity index (χ1) is 19.6. The van der Waals surface area contributed by atoms with Crippen LogP contribution in [0.2, 0.25) is 0 Å². The van der Waals surface area contributed by atoms with Gasteiger partial charge in [0.25, 0.3) is 5.91 Å². The summed E-state index contributed by atoms with van der Waals surface area (Å²) < 4.78 is 11.5. The normalized spacial score (nSPS) is 13.9. The van der Waals surface area contributed by atoms with Gasteiger partial charge in [-0.25, -0.2) is 5.01 Å². The number of benzene rings is 3. The average molecular weight is 536 g/mol. The van der Waals surface area contributed by atoms with Crippen LogP contribution in [0.1, 0.15) is 46.2 Å². The van der Waals surface area contributed by atoms with E-state index in [2.05, 4.69) is 36.0 Å². The molecule has 0 radical (unpaired) electrons. The molecule has 40 heavy (non-hydrogen) atoms. The highest BCUT2D eigenvalue weighted by Gasteiger charge is 2.22. The topological polar surface area (TPSA) is 154 Å². The molecule has 0 saturated heterocycles. The molecule has 2 heterocycles. The molecule has 1 aliphatic heterocycles. The number of carbonyl (C=O) groups excluding carboxylic acids is 1. The van der Waals surface area contributed by atoms with Crippen LogP contribution >= 0.6 is 0 Å². The Hall–Kier alpha value is -5.44. The maximum atomic E-state index is 13.2. The molecule has 0 fully saturated rings. The van der Waals surface area contributed by atoms with Gasteiger partial charge in [-0.3, -0.25) is 4.79 Å². The summed E-state index contributed by atoms with van der Waals surface area (Å²) in [6, 6.07) is 23.1. The number of H-pyrrole nitrogens is 1. The van der Waals surface area contributed by atoms with Gasteiger partial charge >= 0.3 is 0 Å². The maximum Gasteiger partial charge on any atom is 0.273 e. The summed E-state index contributed by atoms with van der Waals surface area (Å²) in [4.78, 5) is 13.2. The third kappa shape index (κ3) is 6.16. The number of tetrazole rings is 1. The predicted octanol–water partition coefficient (Wildman–Crippen LogP) is 4.78. The van der Waals surface area contributed by atoms with Crippen molar-refractivity contribution in [2.45, 2.75) is 25.5 Å². The van der Waals surface area contributed by atoms with Crippen LogP contribution in [0, 0.1) is 11.3 Å². The van der Waals surface area contributed by atoms with Gasteiger partial charge in [-0.05, 0) is 60.9 Å².